The molecule has 0 fully saturated rings. The van der Waals surface area contributed by atoms with Crippen LogP contribution in [0.3, 0.4) is 0 Å². The van der Waals surface area contributed by atoms with Crippen molar-refractivity contribution in [3.05, 3.63) is 0 Å². The number of nitrogens with one attached hydrogen (secondary N) is 2. The van der Waals surface area contributed by atoms with E-state index in [1.807, 2.05) is 0 Å². The average Bonchev–Trinajstić information content (AvgIpc) is 2.54. The Morgan fingerprint density at radius 3 is 2.07 bits per heavy atom. The summed E-state index contributed by atoms with van der Waals surface area (Å²) in [6.45, 7) is 10.9. The number of unbranched alkanes of at least 4 members (excludes halogenated alkanes) is 1. The highest BCUT2D eigenvalue weighted by Gasteiger charge is 2.28. The van der Waals surface area contributed by atoms with Crippen molar-refractivity contribution in [1.29, 1.82) is 0 Å². The number of rotatable bonds is 10. The van der Waals surface area contributed by atoms with Gasteiger partial charge in [-0.25, -0.2) is 9.59 Å². The number of ether oxygens (including phenoxy) is 3. The molecule has 0 heterocycles. The van der Waals surface area contributed by atoms with Gasteiger partial charge >= 0.3 is 12.1 Å². The number of hydrogen-bond donors (Lipinski definition) is 2. The Hall–Kier alpha value is -2.27. The molecular weight excluding hydrogens is 376 g/mol. The van der Waals surface area contributed by atoms with Crippen LogP contribution >= 0.6 is 0 Å². The van der Waals surface area contributed by atoms with Gasteiger partial charge in [0.15, 0.2) is 0 Å². The van der Waals surface area contributed by atoms with Crippen molar-refractivity contribution in [1.82, 2.24) is 10.6 Å². The number of carbonyl (C=O) groups excluding carboxylic acids is 3. The molecule has 0 aliphatic rings. The highest BCUT2D eigenvalue weighted by molar-refractivity contribution is 5.82. The SMILES string of the molecule is C#CCC(OC)C(=O)NCCCC[C@H](NC(=O)OC(C)(C)C)C(=O)OC(C)(C)C. The first kappa shape index (κ1) is 26.7. The predicted molar refractivity (Wildman–Crippen MR) is 110 cm³/mol. The lowest BCUT2D eigenvalue weighted by molar-refractivity contribution is -0.157. The molecule has 0 aliphatic carbocycles. The first-order chi connectivity index (χ1) is 13.3. The number of hydrogen-bond acceptors (Lipinski definition) is 6. The zero-order valence-electron chi connectivity index (χ0n) is 18.7. The van der Waals surface area contributed by atoms with Crippen LogP contribution < -0.4 is 10.6 Å². The minimum Gasteiger partial charge on any atom is -0.458 e. The summed E-state index contributed by atoms with van der Waals surface area (Å²) in [6, 6.07) is -0.840. The Morgan fingerprint density at radius 2 is 1.59 bits per heavy atom. The molecule has 0 radical (unpaired) electrons. The summed E-state index contributed by atoms with van der Waals surface area (Å²) in [5, 5.41) is 5.32. The largest absolute Gasteiger partial charge is 0.458 e. The molecule has 0 spiro atoms. The smallest absolute Gasteiger partial charge is 0.408 e. The molecule has 0 saturated heterocycles. The highest BCUT2D eigenvalue weighted by Crippen LogP contribution is 2.13. The van der Waals surface area contributed by atoms with Crippen LogP contribution in [0, 0.1) is 12.3 Å². The zero-order valence-corrected chi connectivity index (χ0v) is 18.7. The van der Waals surface area contributed by atoms with Crippen molar-refractivity contribution in [3.63, 3.8) is 0 Å². The molecule has 8 heteroatoms. The summed E-state index contributed by atoms with van der Waals surface area (Å²) in [6.07, 6.45) is 5.57. The van der Waals surface area contributed by atoms with E-state index in [4.69, 9.17) is 20.6 Å². The van der Waals surface area contributed by atoms with Crippen LogP contribution in [0.15, 0.2) is 0 Å². The van der Waals surface area contributed by atoms with Crippen molar-refractivity contribution >= 4 is 18.0 Å². The number of amides is 2. The van der Waals surface area contributed by atoms with Gasteiger partial charge in [-0.05, 0) is 60.8 Å². The number of esters is 1. The number of terminal acetylenes is 1. The maximum atomic E-state index is 12.4. The maximum absolute atomic E-state index is 12.4. The second-order valence-corrected chi connectivity index (χ2v) is 8.65. The monoisotopic (exact) mass is 412 g/mol. The molecule has 166 valence electrons. The summed E-state index contributed by atoms with van der Waals surface area (Å²) < 4.78 is 15.6. The minimum absolute atomic E-state index is 0.197. The van der Waals surface area contributed by atoms with E-state index in [2.05, 4.69) is 16.6 Å². The van der Waals surface area contributed by atoms with E-state index in [1.165, 1.54) is 7.11 Å². The van der Waals surface area contributed by atoms with Crippen molar-refractivity contribution in [2.24, 2.45) is 0 Å². The summed E-state index contributed by atoms with van der Waals surface area (Å²) >= 11 is 0. The Morgan fingerprint density at radius 1 is 1.00 bits per heavy atom. The number of methoxy groups -OCH3 is 1. The summed E-state index contributed by atoms with van der Waals surface area (Å²) in [5.41, 5.74) is -1.35. The quantitative estimate of drug-likeness (QED) is 0.325. The topological polar surface area (TPSA) is 103 Å². The van der Waals surface area contributed by atoms with Crippen molar-refractivity contribution < 1.29 is 28.6 Å². The second-order valence-electron chi connectivity index (χ2n) is 8.65. The predicted octanol–water partition coefficient (Wildman–Crippen LogP) is 2.55. The Bertz CT molecular complexity index is 583. The zero-order chi connectivity index (χ0) is 22.7. The number of alkyl carbamates (subject to hydrolysis) is 1. The van der Waals surface area contributed by atoms with Crippen LogP contribution in [0.25, 0.3) is 0 Å². The third kappa shape index (κ3) is 13.5. The molecule has 2 N–H and O–H groups in total. The van der Waals surface area contributed by atoms with Crippen LogP contribution in [0.5, 0.6) is 0 Å². The van der Waals surface area contributed by atoms with E-state index >= 15 is 0 Å². The normalized spacial score (nSPS) is 13.6. The third-order valence-corrected chi connectivity index (χ3v) is 3.48. The second kappa shape index (κ2) is 12.3. The first-order valence-corrected chi connectivity index (χ1v) is 9.75. The molecule has 0 bridgehead atoms. The van der Waals surface area contributed by atoms with Gasteiger partial charge in [0.05, 0.1) is 0 Å². The molecule has 0 aromatic rings. The fourth-order valence-electron chi connectivity index (χ4n) is 2.26. The van der Waals surface area contributed by atoms with E-state index in [0.29, 0.717) is 25.8 Å². The van der Waals surface area contributed by atoms with Crippen LogP contribution in [-0.4, -0.2) is 55.0 Å². The molecule has 2 atom stereocenters. The molecule has 0 aliphatic heterocycles. The lowest BCUT2D eigenvalue weighted by Crippen LogP contribution is -2.46. The molecule has 1 unspecified atom stereocenters. The first-order valence-electron chi connectivity index (χ1n) is 9.75. The average molecular weight is 413 g/mol. The fourth-order valence-corrected chi connectivity index (χ4v) is 2.26. The Kier molecular flexibility index (Phi) is 11.4. The van der Waals surface area contributed by atoms with Gasteiger partial charge in [-0.3, -0.25) is 4.79 Å². The van der Waals surface area contributed by atoms with E-state index in [0.717, 1.165) is 0 Å². The van der Waals surface area contributed by atoms with Gasteiger partial charge in [-0.1, -0.05) is 0 Å². The van der Waals surface area contributed by atoms with Gasteiger partial charge < -0.3 is 24.8 Å². The molecule has 29 heavy (non-hydrogen) atoms. The number of carbonyl (C=O) groups is 3. The highest BCUT2D eigenvalue weighted by atomic mass is 16.6. The maximum Gasteiger partial charge on any atom is 0.408 e. The van der Waals surface area contributed by atoms with Gasteiger partial charge in [0.25, 0.3) is 0 Å². The van der Waals surface area contributed by atoms with Crippen molar-refractivity contribution in [2.75, 3.05) is 13.7 Å². The lowest BCUT2D eigenvalue weighted by Gasteiger charge is -2.26. The fraction of sp³-hybridized carbons (Fsp3) is 0.762. The molecule has 2 amide bonds. The Labute approximate surface area is 174 Å². The van der Waals surface area contributed by atoms with Gasteiger partial charge in [0, 0.05) is 20.1 Å². The molecule has 0 aromatic carbocycles. The molecular formula is C21H36N2O6. The van der Waals surface area contributed by atoms with Gasteiger partial charge in [0.1, 0.15) is 23.3 Å². The lowest BCUT2D eigenvalue weighted by atomic mass is 10.1. The van der Waals surface area contributed by atoms with Gasteiger partial charge in [-0.15, -0.1) is 12.3 Å². The van der Waals surface area contributed by atoms with Gasteiger partial charge in [0.2, 0.25) is 5.91 Å². The molecule has 0 aromatic heterocycles. The molecule has 0 saturated carbocycles. The summed E-state index contributed by atoms with van der Waals surface area (Å²) in [7, 11) is 1.43. The van der Waals surface area contributed by atoms with E-state index < -0.39 is 35.4 Å². The van der Waals surface area contributed by atoms with E-state index in [1.54, 1.807) is 41.5 Å². The molecule has 8 nitrogen and oxygen atoms in total. The minimum atomic E-state index is -0.840. The summed E-state index contributed by atoms with van der Waals surface area (Å²) in [4.78, 5) is 36.4. The van der Waals surface area contributed by atoms with Crippen LogP contribution in [0.4, 0.5) is 4.79 Å². The van der Waals surface area contributed by atoms with Crippen molar-refractivity contribution in [2.45, 2.75) is 90.6 Å². The van der Waals surface area contributed by atoms with E-state index in [-0.39, 0.29) is 12.3 Å². The Balaban J connectivity index is 4.65. The van der Waals surface area contributed by atoms with Crippen LogP contribution in [0.2, 0.25) is 0 Å². The van der Waals surface area contributed by atoms with E-state index in [9.17, 15) is 14.4 Å². The third-order valence-electron chi connectivity index (χ3n) is 3.48. The molecule has 0 rings (SSSR count). The van der Waals surface area contributed by atoms with Gasteiger partial charge in [-0.2, -0.15) is 0 Å². The summed E-state index contributed by atoms with van der Waals surface area (Å²) in [5.74, 6) is 1.59. The van der Waals surface area contributed by atoms with Crippen LogP contribution in [0.1, 0.15) is 67.2 Å². The standard InChI is InChI=1S/C21H36N2O6/c1-9-12-16(27-8)17(24)22-14-11-10-13-15(18(25)28-20(2,3)4)23-19(26)29-21(5,6)7/h1,15-16H,10-14H2,2-8H3,(H,22,24)(H,23,26)/t15-,16?/m0/s1. The van der Waals surface area contributed by atoms with Crippen molar-refractivity contribution in [3.8, 4) is 12.3 Å². The van der Waals surface area contributed by atoms with Crippen LogP contribution in [-0.2, 0) is 23.8 Å².